The number of hydrogen-bond acceptors (Lipinski definition) is 4. The van der Waals surface area contributed by atoms with E-state index in [0.717, 1.165) is 22.1 Å². The molecular formula is C9H11NO2S. The molecule has 0 unspecified atom stereocenters. The van der Waals surface area contributed by atoms with Gasteiger partial charge in [0.2, 0.25) is 0 Å². The molecule has 0 bridgehead atoms. The van der Waals surface area contributed by atoms with Crippen LogP contribution in [-0.2, 0) is 0 Å². The molecule has 0 spiro atoms. The van der Waals surface area contributed by atoms with Crippen molar-refractivity contribution < 1.29 is 9.47 Å². The molecule has 3 nitrogen and oxygen atoms in total. The number of hydrogen-bond donors (Lipinski definition) is 1. The topological polar surface area (TPSA) is 44.5 Å². The molecule has 0 atom stereocenters. The Kier molecular flexibility index (Phi) is 2.22. The summed E-state index contributed by atoms with van der Waals surface area (Å²) in [5.74, 6) is 1.55. The molecule has 70 valence electrons. The number of benzene rings is 1. The van der Waals surface area contributed by atoms with Crippen molar-refractivity contribution in [1.82, 2.24) is 0 Å². The van der Waals surface area contributed by atoms with Gasteiger partial charge in [0.1, 0.15) is 13.2 Å². The minimum absolute atomic E-state index is 0.602. The van der Waals surface area contributed by atoms with Gasteiger partial charge in [-0.25, -0.2) is 0 Å². The standard InChI is InChI=1S/C9H11NO2S/c1-13-9-5-8-7(4-6(9)10)11-2-3-12-8/h4-5H,2-3,10H2,1H3. The second-order valence-electron chi connectivity index (χ2n) is 2.74. The number of nitrogens with two attached hydrogens (primary N) is 1. The van der Waals surface area contributed by atoms with E-state index >= 15 is 0 Å². The summed E-state index contributed by atoms with van der Waals surface area (Å²) in [6.07, 6.45) is 1.99. The van der Waals surface area contributed by atoms with E-state index in [0.29, 0.717) is 13.2 Å². The highest BCUT2D eigenvalue weighted by Crippen LogP contribution is 2.37. The van der Waals surface area contributed by atoms with E-state index in [9.17, 15) is 0 Å². The lowest BCUT2D eigenvalue weighted by Gasteiger charge is -2.19. The summed E-state index contributed by atoms with van der Waals surface area (Å²) in [5.41, 5.74) is 6.55. The average Bonchev–Trinajstić information content (AvgIpc) is 2.17. The Morgan fingerprint density at radius 2 is 1.85 bits per heavy atom. The molecule has 0 amide bonds. The summed E-state index contributed by atoms with van der Waals surface area (Å²) in [7, 11) is 0. The van der Waals surface area contributed by atoms with Crippen LogP contribution in [0.4, 0.5) is 5.69 Å². The van der Waals surface area contributed by atoms with E-state index in [1.807, 2.05) is 18.4 Å². The van der Waals surface area contributed by atoms with Crippen molar-refractivity contribution in [2.75, 3.05) is 25.2 Å². The predicted octanol–water partition coefficient (Wildman–Crippen LogP) is 1.76. The highest BCUT2D eigenvalue weighted by Gasteiger charge is 2.13. The average molecular weight is 197 g/mol. The number of fused-ring (bicyclic) bond motifs is 1. The van der Waals surface area contributed by atoms with Crippen LogP contribution >= 0.6 is 11.8 Å². The lowest BCUT2D eigenvalue weighted by Crippen LogP contribution is -2.15. The van der Waals surface area contributed by atoms with Crippen molar-refractivity contribution in [1.29, 1.82) is 0 Å². The van der Waals surface area contributed by atoms with Crippen molar-refractivity contribution in [3.8, 4) is 11.5 Å². The maximum Gasteiger partial charge on any atom is 0.163 e. The molecule has 0 saturated heterocycles. The Bertz CT molecular complexity index is 328. The Morgan fingerprint density at radius 1 is 1.23 bits per heavy atom. The van der Waals surface area contributed by atoms with Gasteiger partial charge >= 0.3 is 0 Å². The molecule has 1 aliphatic heterocycles. The van der Waals surface area contributed by atoms with Gasteiger partial charge in [0.15, 0.2) is 11.5 Å². The van der Waals surface area contributed by atoms with Crippen molar-refractivity contribution in [3.63, 3.8) is 0 Å². The van der Waals surface area contributed by atoms with Crippen LogP contribution in [0.1, 0.15) is 0 Å². The van der Waals surface area contributed by atoms with Gasteiger partial charge in [-0.05, 0) is 12.3 Å². The van der Waals surface area contributed by atoms with Crippen LogP contribution in [0.15, 0.2) is 17.0 Å². The Balaban J connectivity index is 2.44. The SMILES string of the molecule is CSc1cc2c(cc1N)OCCO2. The molecular weight excluding hydrogens is 186 g/mol. The van der Waals surface area contributed by atoms with Gasteiger partial charge in [-0.15, -0.1) is 11.8 Å². The first-order valence-electron chi connectivity index (χ1n) is 4.04. The maximum atomic E-state index is 5.80. The second kappa shape index (κ2) is 3.38. The van der Waals surface area contributed by atoms with Crippen LogP contribution in [0.3, 0.4) is 0 Å². The number of thioether (sulfide) groups is 1. The van der Waals surface area contributed by atoms with Crippen LogP contribution in [-0.4, -0.2) is 19.5 Å². The molecule has 2 rings (SSSR count). The number of nitrogen functional groups attached to an aromatic ring is 1. The van der Waals surface area contributed by atoms with Crippen molar-refractivity contribution in [2.45, 2.75) is 4.90 Å². The zero-order chi connectivity index (χ0) is 9.26. The Morgan fingerprint density at radius 3 is 2.46 bits per heavy atom. The minimum Gasteiger partial charge on any atom is -0.486 e. The van der Waals surface area contributed by atoms with E-state index in [1.165, 1.54) is 0 Å². The second-order valence-corrected chi connectivity index (χ2v) is 3.59. The normalized spacial score (nSPS) is 14.2. The lowest BCUT2D eigenvalue weighted by atomic mass is 10.2. The summed E-state index contributed by atoms with van der Waals surface area (Å²) in [6, 6.07) is 3.74. The highest BCUT2D eigenvalue weighted by molar-refractivity contribution is 7.98. The summed E-state index contributed by atoms with van der Waals surface area (Å²) in [6.45, 7) is 1.22. The fraction of sp³-hybridized carbons (Fsp3) is 0.333. The molecule has 2 N–H and O–H groups in total. The maximum absolute atomic E-state index is 5.80. The van der Waals surface area contributed by atoms with Crippen LogP contribution in [0, 0.1) is 0 Å². The molecule has 1 aliphatic rings. The van der Waals surface area contributed by atoms with Crippen molar-refractivity contribution in [2.24, 2.45) is 0 Å². The van der Waals surface area contributed by atoms with E-state index in [2.05, 4.69) is 0 Å². The minimum atomic E-state index is 0.602. The van der Waals surface area contributed by atoms with Crippen LogP contribution < -0.4 is 15.2 Å². The van der Waals surface area contributed by atoms with Crippen molar-refractivity contribution in [3.05, 3.63) is 12.1 Å². The quantitative estimate of drug-likeness (QED) is 0.550. The summed E-state index contributed by atoms with van der Waals surface area (Å²) in [5, 5.41) is 0. The highest BCUT2D eigenvalue weighted by atomic mass is 32.2. The Hall–Kier alpha value is -1.03. The lowest BCUT2D eigenvalue weighted by molar-refractivity contribution is 0.171. The fourth-order valence-corrected chi connectivity index (χ4v) is 1.78. The van der Waals surface area contributed by atoms with Gasteiger partial charge < -0.3 is 15.2 Å². The molecule has 0 aliphatic carbocycles. The van der Waals surface area contributed by atoms with Gasteiger partial charge in [-0.1, -0.05) is 0 Å². The zero-order valence-corrected chi connectivity index (χ0v) is 8.19. The van der Waals surface area contributed by atoms with E-state index in [-0.39, 0.29) is 0 Å². The van der Waals surface area contributed by atoms with Gasteiger partial charge in [-0.2, -0.15) is 0 Å². The summed E-state index contributed by atoms with van der Waals surface area (Å²) >= 11 is 1.61. The smallest absolute Gasteiger partial charge is 0.163 e. The van der Waals surface area contributed by atoms with Crippen LogP contribution in [0.5, 0.6) is 11.5 Å². The molecule has 4 heteroatoms. The van der Waals surface area contributed by atoms with Gasteiger partial charge in [0, 0.05) is 16.6 Å². The third-order valence-corrected chi connectivity index (χ3v) is 2.69. The van der Waals surface area contributed by atoms with E-state index in [1.54, 1.807) is 11.8 Å². The van der Waals surface area contributed by atoms with Gasteiger partial charge in [0.25, 0.3) is 0 Å². The number of rotatable bonds is 1. The van der Waals surface area contributed by atoms with E-state index in [4.69, 9.17) is 15.2 Å². The Labute approximate surface area is 81.2 Å². The summed E-state index contributed by atoms with van der Waals surface area (Å²) in [4.78, 5) is 1.03. The monoisotopic (exact) mass is 197 g/mol. The van der Waals surface area contributed by atoms with Gasteiger partial charge in [-0.3, -0.25) is 0 Å². The molecule has 0 fully saturated rings. The van der Waals surface area contributed by atoms with Crippen molar-refractivity contribution >= 4 is 17.4 Å². The largest absolute Gasteiger partial charge is 0.486 e. The van der Waals surface area contributed by atoms with Crippen LogP contribution in [0.2, 0.25) is 0 Å². The molecule has 13 heavy (non-hydrogen) atoms. The molecule has 1 heterocycles. The molecule has 1 aromatic rings. The third-order valence-electron chi connectivity index (χ3n) is 1.89. The molecule has 0 saturated carbocycles. The number of ether oxygens (including phenoxy) is 2. The fourth-order valence-electron chi connectivity index (χ4n) is 1.26. The zero-order valence-electron chi connectivity index (χ0n) is 7.37. The first-order chi connectivity index (χ1) is 6.31. The predicted molar refractivity (Wildman–Crippen MR) is 53.6 cm³/mol. The third kappa shape index (κ3) is 1.54. The number of anilines is 1. The first-order valence-corrected chi connectivity index (χ1v) is 5.27. The summed E-state index contributed by atoms with van der Waals surface area (Å²) < 4.78 is 10.8. The molecule has 1 aromatic carbocycles. The first kappa shape index (κ1) is 8.56. The molecule has 0 aromatic heterocycles. The van der Waals surface area contributed by atoms with E-state index < -0.39 is 0 Å². The van der Waals surface area contributed by atoms with Crippen LogP contribution in [0.25, 0.3) is 0 Å². The van der Waals surface area contributed by atoms with Gasteiger partial charge in [0.05, 0.1) is 0 Å². The molecule has 0 radical (unpaired) electrons.